The van der Waals surface area contributed by atoms with Crippen LogP contribution in [-0.4, -0.2) is 12.1 Å². The van der Waals surface area contributed by atoms with Crippen LogP contribution in [0.1, 0.15) is 111 Å². The Kier molecular flexibility index (Phi) is 12.3. The summed E-state index contributed by atoms with van der Waals surface area (Å²) in [5.74, 6) is 3.83. The second-order valence-electron chi connectivity index (χ2n) is 25.2. The van der Waals surface area contributed by atoms with Crippen molar-refractivity contribution in [2.75, 3.05) is 0 Å². The Morgan fingerprint density at radius 2 is 0.642 bits per heavy atom. The minimum absolute atomic E-state index is 0. The van der Waals surface area contributed by atoms with Crippen molar-refractivity contribution in [3.8, 4) is 0 Å². The Balaban J connectivity index is 0.00000542. The SMILES string of the molecule is [Pt+4].c1ccc(C2=C3[N-]C(C(c4ccccc4)=c4[n-]c(c5cc6ccccc6cc45)=C(c4ccccc4)C4[N-]C(=C(c5ccccc5)c5[n-]c2c2cc6ccccc6cc52)C2CC5CCCCC5CC24)C2CC4CCCCC4CC32)cc1. The maximum absolute atomic E-state index is 6.46. The first-order chi connectivity index (χ1) is 39.7. The van der Waals surface area contributed by atoms with Crippen molar-refractivity contribution in [3.63, 3.8) is 0 Å². The largest absolute Gasteiger partial charge is 4.00 e. The van der Waals surface area contributed by atoms with Gasteiger partial charge >= 0.3 is 21.1 Å². The molecular weight excluding hydrogens is 1160 g/mol. The molecule has 4 nitrogen and oxygen atoms in total. The number of hydrogen-bond acceptors (Lipinski definition) is 0. The maximum atomic E-state index is 6.46. The molecule has 4 heterocycles. The number of fused-ring (bicyclic) bond motifs is 4. The third-order valence-electron chi connectivity index (χ3n) is 21.1. The summed E-state index contributed by atoms with van der Waals surface area (Å²) in [6, 6.07) is 73.1. The molecule has 8 aromatic carbocycles. The fraction of sp³-hybridized carbons (Fsp3) is 0.289. The van der Waals surface area contributed by atoms with Crippen LogP contribution in [0.5, 0.6) is 0 Å². The van der Waals surface area contributed by atoms with Crippen LogP contribution in [0.2, 0.25) is 0 Å². The fourth-order valence-corrected chi connectivity index (χ4v) is 17.6. The van der Waals surface area contributed by atoms with E-state index in [9.17, 15) is 0 Å². The van der Waals surface area contributed by atoms with Crippen LogP contribution >= 0.6 is 0 Å². The van der Waals surface area contributed by atoms with Gasteiger partial charge < -0.3 is 20.6 Å². The van der Waals surface area contributed by atoms with Crippen LogP contribution < -0.4 is 20.7 Å². The van der Waals surface area contributed by atoms with E-state index in [0.29, 0.717) is 35.5 Å². The quantitative estimate of drug-likeness (QED) is 0.176. The standard InChI is InChI=1S/C76H66N4.Pt/c1-5-21-45(22-6-1)65-69-57-37-49-29-13-15-31-51(49)39-59(57)71(77-69)66(46-23-7-2-8-24-46)73-61-41-53-33-17-19-35-55(53)43-63(61)75(79-73)68(48-27-11-4-12-28-48)76-64-44-56-36-20-18-34-54(56)42-62(64)74(80-76)67(47-25-9-3-10-26-47)72-60-40-52-32-16-14-30-50(52)38-58(60)70(65)78-72;/h1-13,15,18,20-29,31,34,36-37,39,42,44,50,52-53,55,58,60-61,63,70,73H,14,16-17,19,30,32-33,35,38,40-41,43H2;/q-4;+4. The van der Waals surface area contributed by atoms with E-state index in [-0.39, 0.29) is 45.0 Å². The molecule has 0 N–H and O–H groups in total. The van der Waals surface area contributed by atoms with E-state index in [1.54, 1.807) is 0 Å². The average molecular weight is 1230 g/mol. The van der Waals surface area contributed by atoms with E-state index in [1.165, 1.54) is 163 Å². The van der Waals surface area contributed by atoms with Gasteiger partial charge in [0.2, 0.25) is 0 Å². The van der Waals surface area contributed by atoms with Crippen molar-refractivity contribution < 1.29 is 21.1 Å². The van der Waals surface area contributed by atoms with Crippen LogP contribution in [0.15, 0.2) is 206 Å². The summed E-state index contributed by atoms with van der Waals surface area (Å²) in [4.78, 5) is 12.6. The summed E-state index contributed by atoms with van der Waals surface area (Å²) < 4.78 is 0. The van der Waals surface area contributed by atoms with Gasteiger partial charge in [-0.1, -0.05) is 256 Å². The molecule has 6 fully saturated rings. The smallest absolute Gasteiger partial charge is 0.681 e. The van der Waals surface area contributed by atoms with Crippen molar-refractivity contribution >= 4 is 65.4 Å². The van der Waals surface area contributed by atoms with Crippen LogP contribution in [0, 0.1) is 47.3 Å². The molecule has 8 bridgehead atoms. The average Bonchev–Trinajstić information content (AvgIpc) is 3.98. The van der Waals surface area contributed by atoms with E-state index in [1.807, 2.05) is 0 Å². The number of benzene rings is 8. The Labute approximate surface area is 490 Å². The van der Waals surface area contributed by atoms with Gasteiger partial charge in [0, 0.05) is 0 Å². The summed E-state index contributed by atoms with van der Waals surface area (Å²) in [5.41, 5.74) is 14.4. The monoisotopic (exact) mass is 1230 g/mol. The third kappa shape index (κ3) is 8.08. The normalized spacial score (nSPS) is 26.9. The molecule has 0 amide bonds. The van der Waals surface area contributed by atoms with Gasteiger partial charge in [-0.05, 0) is 163 Å². The van der Waals surface area contributed by atoms with E-state index in [4.69, 9.17) is 20.6 Å². The molecule has 2 aliphatic heterocycles. The zero-order chi connectivity index (χ0) is 52.4. The topological polar surface area (TPSA) is 56.4 Å². The molecule has 400 valence electrons. The summed E-state index contributed by atoms with van der Waals surface area (Å²) in [6.45, 7) is 0. The predicted molar refractivity (Wildman–Crippen MR) is 329 cm³/mol. The van der Waals surface area contributed by atoms with Gasteiger partial charge in [-0.3, -0.25) is 0 Å². The van der Waals surface area contributed by atoms with Crippen LogP contribution in [-0.2, 0) is 21.1 Å². The third-order valence-corrected chi connectivity index (χ3v) is 21.1. The van der Waals surface area contributed by atoms with Crippen molar-refractivity contribution in [1.82, 2.24) is 9.97 Å². The molecule has 7 aliphatic rings. The first-order valence-electron chi connectivity index (χ1n) is 30.5. The second-order valence-corrected chi connectivity index (χ2v) is 25.2. The molecule has 2 aromatic heterocycles. The van der Waals surface area contributed by atoms with Gasteiger partial charge in [0.1, 0.15) is 0 Å². The van der Waals surface area contributed by atoms with Crippen molar-refractivity contribution in [3.05, 3.63) is 260 Å². The molecule has 10 aromatic rings. The Hall–Kier alpha value is -7.13. The first-order valence-corrected chi connectivity index (χ1v) is 30.5. The van der Waals surface area contributed by atoms with Crippen LogP contribution in [0.25, 0.3) is 76.0 Å². The van der Waals surface area contributed by atoms with E-state index < -0.39 is 0 Å². The van der Waals surface area contributed by atoms with Gasteiger partial charge in [0.25, 0.3) is 0 Å². The predicted octanol–water partition coefficient (Wildman–Crippen LogP) is 17.0. The van der Waals surface area contributed by atoms with Gasteiger partial charge in [0.15, 0.2) is 0 Å². The minimum Gasteiger partial charge on any atom is -0.681 e. The Morgan fingerprint density at radius 3 is 1.01 bits per heavy atom. The summed E-state index contributed by atoms with van der Waals surface area (Å²) in [5, 5.41) is 24.9. The fourth-order valence-electron chi connectivity index (χ4n) is 17.6. The number of rotatable bonds is 4. The maximum Gasteiger partial charge on any atom is 4.00 e. The molecule has 2 saturated heterocycles. The minimum atomic E-state index is -0.125. The van der Waals surface area contributed by atoms with E-state index >= 15 is 0 Å². The molecule has 5 aliphatic carbocycles. The molecule has 10 atom stereocenters. The molecule has 10 unspecified atom stereocenters. The Morgan fingerprint density at radius 1 is 0.321 bits per heavy atom. The molecule has 5 heteroatoms. The summed E-state index contributed by atoms with van der Waals surface area (Å²) in [7, 11) is 0. The molecule has 4 saturated carbocycles. The van der Waals surface area contributed by atoms with Gasteiger partial charge in [-0.15, -0.1) is 22.1 Å². The van der Waals surface area contributed by atoms with Crippen LogP contribution in [0.3, 0.4) is 0 Å². The number of allylic oxidation sites excluding steroid dienone is 2. The summed E-state index contributed by atoms with van der Waals surface area (Å²) in [6.07, 6.45) is 15.2. The number of aromatic nitrogens is 2. The van der Waals surface area contributed by atoms with Gasteiger partial charge in [0.05, 0.1) is 0 Å². The van der Waals surface area contributed by atoms with E-state index in [2.05, 4.69) is 194 Å². The Bertz CT molecular complexity index is 4000. The number of nitrogens with zero attached hydrogens (tertiary/aromatic N) is 4. The van der Waals surface area contributed by atoms with Crippen LogP contribution in [0.4, 0.5) is 0 Å². The zero-order valence-electron chi connectivity index (χ0n) is 45.8. The van der Waals surface area contributed by atoms with Crippen molar-refractivity contribution in [2.24, 2.45) is 47.3 Å². The second kappa shape index (κ2) is 20.1. The first kappa shape index (κ1) is 49.7. The molecule has 81 heavy (non-hydrogen) atoms. The molecular formula is C76H66N4Pt. The van der Waals surface area contributed by atoms with E-state index in [0.717, 1.165) is 34.9 Å². The van der Waals surface area contributed by atoms with Crippen molar-refractivity contribution in [2.45, 2.75) is 89.1 Å². The molecule has 0 radical (unpaired) electrons. The van der Waals surface area contributed by atoms with Crippen molar-refractivity contribution in [1.29, 1.82) is 0 Å². The van der Waals surface area contributed by atoms with Gasteiger partial charge in [-0.2, -0.15) is 11.4 Å². The molecule has 0 spiro atoms. The van der Waals surface area contributed by atoms with Gasteiger partial charge in [-0.25, -0.2) is 0 Å². The molecule has 17 rings (SSSR count). The zero-order valence-corrected chi connectivity index (χ0v) is 48.1. The summed E-state index contributed by atoms with van der Waals surface area (Å²) >= 11 is 0. The number of hydrogen-bond donors (Lipinski definition) is 0.